The summed E-state index contributed by atoms with van der Waals surface area (Å²) in [6, 6.07) is 3.66. The number of benzene rings is 1. The van der Waals surface area contributed by atoms with E-state index in [9.17, 15) is 22.8 Å². The molecule has 0 bridgehead atoms. The number of nitrogens with zero attached hydrogens (tertiary/aromatic N) is 2. The van der Waals surface area contributed by atoms with Crippen molar-refractivity contribution in [3.63, 3.8) is 0 Å². The van der Waals surface area contributed by atoms with E-state index in [1.165, 1.54) is 29.6 Å². The summed E-state index contributed by atoms with van der Waals surface area (Å²) >= 11 is 0. The lowest BCUT2D eigenvalue weighted by Crippen LogP contribution is -2.46. The molecular weight excluding hydrogens is 436 g/mol. The van der Waals surface area contributed by atoms with Crippen LogP contribution in [0.25, 0.3) is 0 Å². The molecule has 10 nitrogen and oxygen atoms in total. The van der Waals surface area contributed by atoms with E-state index >= 15 is 0 Å². The minimum absolute atomic E-state index is 0.0480. The maximum absolute atomic E-state index is 13.0. The van der Waals surface area contributed by atoms with Crippen molar-refractivity contribution in [3.05, 3.63) is 18.2 Å². The number of hydrogen-bond donors (Lipinski definition) is 2. The number of piperidine rings is 1. The molecular formula is C21H28N4O6S. The van der Waals surface area contributed by atoms with Crippen LogP contribution in [0.2, 0.25) is 0 Å². The minimum atomic E-state index is -3.71. The summed E-state index contributed by atoms with van der Waals surface area (Å²) in [5, 5.41) is 5.29. The van der Waals surface area contributed by atoms with Crippen LogP contribution in [0.15, 0.2) is 23.1 Å². The highest BCUT2D eigenvalue weighted by molar-refractivity contribution is 7.89. The average Bonchev–Trinajstić information content (AvgIpc) is 3.60. The molecule has 0 unspecified atom stereocenters. The monoisotopic (exact) mass is 464 g/mol. The first-order valence-corrected chi connectivity index (χ1v) is 12.2. The van der Waals surface area contributed by atoms with Gasteiger partial charge in [0.25, 0.3) is 5.91 Å². The Hall–Kier alpha value is -2.66. The van der Waals surface area contributed by atoms with E-state index < -0.39 is 40.0 Å². The summed E-state index contributed by atoms with van der Waals surface area (Å²) in [5.41, 5.74) is -0.815. The molecule has 2 N–H and O–H groups in total. The standard InChI is InChI=1S/C21H28N4O6S/c1-21(14-6-7-14)19(27)25(20(28)23-21)13-18(26)22-16-12-15(8-9-17(16)31-2)32(29,30)24-10-4-3-5-11-24/h8-9,12,14H,3-7,10-11,13H2,1-2H3,(H,22,26)(H,23,28)/t21-/m0/s1. The number of hydrogen-bond acceptors (Lipinski definition) is 6. The zero-order chi connectivity index (χ0) is 23.1. The Balaban J connectivity index is 1.51. The van der Waals surface area contributed by atoms with Gasteiger partial charge in [-0.2, -0.15) is 4.31 Å². The largest absolute Gasteiger partial charge is 0.495 e. The van der Waals surface area contributed by atoms with Crippen LogP contribution in [0.1, 0.15) is 39.0 Å². The molecule has 3 fully saturated rings. The zero-order valence-corrected chi connectivity index (χ0v) is 19.0. The molecule has 32 heavy (non-hydrogen) atoms. The maximum atomic E-state index is 13.0. The lowest BCUT2D eigenvalue weighted by molar-refractivity contribution is -0.134. The molecule has 1 aromatic carbocycles. The predicted molar refractivity (Wildman–Crippen MR) is 116 cm³/mol. The summed E-state index contributed by atoms with van der Waals surface area (Å²) < 4.78 is 32.7. The van der Waals surface area contributed by atoms with Gasteiger partial charge in [0, 0.05) is 13.1 Å². The molecule has 1 atom stereocenters. The molecule has 1 aliphatic carbocycles. The van der Waals surface area contributed by atoms with Gasteiger partial charge in [0.2, 0.25) is 15.9 Å². The molecule has 0 aromatic heterocycles. The van der Waals surface area contributed by atoms with Crippen molar-refractivity contribution in [1.29, 1.82) is 0 Å². The van der Waals surface area contributed by atoms with Crippen LogP contribution in [-0.4, -0.2) is 67.8 Å². The van der Waals surface area contributed by atoms with Gasteiger partial charge < -0.3 is 15.4 Å². The summed E-state index contributed by atoms with van der Waals surface area (Å²) in [6.45, 7) is 2.13. The molecule has 2 aliphatic heterocycles. The number of amides is 4. The second-order valence-electron chi connectivity index (χ2n) is 8.67. The molecule has 0 radical (unpaired) electrons. The second-order valence-corrected chi connectivity index (χ2v) is 10.6. The van der Waals surface area contributed by atoms with Crippen LogP contribution in [0.3, 0.4) is 0 Å². The van der Waals surface area contributed by atoms with Crippen LogP contribution in [0.5, 0.6) is 5.75 Å². The highest BCUT2D eigenvalue weighted by atomic mass is 32.2. The Kier molecular flexibility index (Phi) is 5.89. The quantitative estimate of drug-likeness (QED) is 0.590. The molecule has 4 amide bonds. The van der Waals surface area contributed by atoms with E-state index in [1.54, 1.807) is 6.92 Å². The number of urea groups is 1. The number of nitrogens with one attached hydrogen (secondary N) is 2. The Morgan fingerprint density at radius 1 is 1.22 bits per heavy atom. The molecule has 11 heteroatoms. The van der Waals surface area contributed by atoms with Crippen LogP contribution in [0.4, 0.5) is 10.5 Å². The Morgan fingerprint density at radius 3 is 2.53 bits per heavy atom. The van der Waals surface area contributed by atoms with Crippen molar-refractivity contribution in [3.8, 4) is 5.75 Å². The third kappa shape index (κ3) is 4.06. The topological polar surface area (TPSA) is 125 Å². The fraction of sp³-hybridized carbons (Fsp3) is 0.571. The third-order valence-electron chi connectivity index (χ3n) is 6.39. The van der Waals surface area contributed by atoms with E-state index in [1.807, 2.05) is 0 Å². The van der Waals surface area contributed by atoms with Crippen molar-refractivity contribution in [2.45, 2.75) is 49.5 Å². The Bertz CT molecular complexity index is 1050. The van der Waals surface area contributed by atoms with Crippen LogP contribution in [0, 0.1) is 5.92 Å². The minimum Gasteiger partial charge on any atom is -0.495 e. The van der Waals surface area contributed by atoms with Gasteiger partial charge in [-0.1, -0.05) is 6.42 Å². The lowest BCUT2D eigenvalue weighted by Gasteiger charge is -2.26. The predicted octanol–water partition coefficient (Wildman–Crippen LogP) is 1.53. The number of methoxy groups -OCH3 is 1. The Morgan fingerprint density at radius 2 is 1.91 bits per heavy atom. The van der Waals surface area contributed by atoms with Gasteiger partial charge in [-0.15, -0.1) is 0 Å². The van der Waals surface area contributed by atoms with Gasteiger partial charge in [-0.3, -0.25) is 14.5 Å². The van der Waals surface area contributed by atoms with Crippen molar-refractivity contribution in [2.24, 2.45) is 5.92 Å². The fourth-order valence-corrected chi connectivity index (χ4v) is 5.87. The third-order valence-corrected chi connectivity index (χ3v) is 8.29. The van der Waals surface area contributed by atoms with Gasteiger partial charge >= 0.3 is 6.03 Å². The molecule has 1 saturated carbocycles. The van der Waals surface area contributed by atoms with Gasteiger partial charge in [0.1, 0.15) is 17.8 Å². The normalized spacial score (nSPS) is 24.4. The second kappa shape index (κ2) is 8.36. The van der Waals surface area contributed by atoms with E-state index in [0.29, 0.717) is 13.1 Å². The summed E-state index contributed by atoms with van der Waals surface area (Å²) in [4.78, 5) is 38.7. The SMILES string of the molecule is COc1ccc(S(=O)(=O)N2CCCCC2)cc1NC(=O)CN1C(=O)N[C@@](C)(C2CC2)C1=O. The average molecular weight is 465 g/mol. The lowest BCUT2D eigenvalue weighted by atomic mass is 9.96. The smallest absolute Gasteiger partial charge is 0.325 e. The van der Waals surface area contributed by atoms with Gasteiger partial charge in [0.05, 0.1) is 17.7 Å². The van der Waals surface area contributed by atoms with E-state index in [4.69, 9.17) is 4.74 Å². The number of carbonyl (C=O) groups excluding carboxylic acids is 3. The fourth-order valence-electron chi connectivity index (χ4n) is 4.33. The molecule has 2 heterocycles. The van der Waals surface area contributed by atoms with E-state index in [0.717, 1.165) is 37.0 Å². The summed E-state index contributed by atoms with van der Waals surface area (Å²) in [5.74, 6) is -0.687. The number of anilines is 1. The Labute approximate surface area is 187 Å². The summed E-state index contributed by atoms with van der Waals surface area (Å²) in [7, 11) is -2.30. The highest BCUT2D eigenvalue weighted by Crippen LogP contribution is 2.42. The van der Waals surface area contributed by atoms with Crippen molar-refractivity contribution in [2.75, 3.05) is 32.1 Å². The first kappa shape index (κ1) is 22.5. The molecule has 174 valence electrons. The van der Waals surface area contributed by atoms with Crippen molar-refractivity contribution in [1.82, 2.24) is 14.5 Å². The maximum Gasteiger partial charge on any atom is 0.325 e. The zero-order valence-electron chi connectivity index (χ0n) is 18.2. The molecule has 3 aliphatic rings. The van der Waals surface area contributed by atoms with Crippen LogP contribution < -0.4 is 15.4 Å². The molecule has 2 saturated heterocycles. The molecule has 0 spiro atoms. The first-order valence-electron chi connectivity index (χ1n) is 10.8. The van der Waals surface area contributed by atoms with Gasteiger partial charge in [-0.25, -0.2) is 13.2 Å². The number of ether oxygens (including phenoxy) is 1. The van der Waals surface area contributed by atoms with E-state index in [-0.39, 0.29) is 22.3 Å². The molecule has 4 rings (SSSR count). The van der Waals surface area contributed by atoms with E-state index in [2.05, 4.69) is 10.6 Å². The first-order chi connectivity index (χ1) is 15.2. The number of rotatable bonds is 7. The number of sulfonamides is 1. The van der Waals surface area contributed by atoms with Crippen molar-refractivity contribution < 1.29 is 27.5 Å². The summed E-state index contributed by atoms with van der Waals surface area (Å²) in [6.07, 6.45) is 4.34. The van der Waals surface area contributed by atoms with Gasteiger partial charge in [0.15, 0.2) is 0 Å². The molecule has 1 aromatic rings. The number of imide groups is 1. The van der Waals surface area contributed by atoms with Crippen LogP contribution >= 0.6 is 0 Å². The highest BCUT2D eigenvalue weighted by Gasteiger charge is 2.56. The van der Waals surface area contributed by atoms with Gasteiger partial charge in [-0.05, 0) is 56.7 Å². The number of carbonyl (C=O) groups is 3. The van der Waals surface area contributed by atoms with Crippen LogP contribution in [-0.2, 0) is 19.6 Å². The van der Waals surface area contributed by atoms with Crippen molar-refractivity contribution >= 4 is 33.6 Å².